The monoisotopic (exact) mass is 278 g/mol. The van der Waals surface area contributed by atoms with Gasteiger partial charge < -0.3 is 9.84 Å². The van der Waals surface area contributed by atoms with E-state index in [2.05, 4.69) is 23.5 Å². The second-order valence-corrected chi connectivity index (χ2v) is 6.23. The average Bonchev–Trinajstić information content (AvgIpc) is 2.92. The van der Waals surface area contributed by atoms with Gasteiger partial charge in [-0.05, 0) is 26.0 Å². The van der Waals surface area contributed by atoms with Gasteiger partial charge in [-0.25, -0.2) is 0 Å². The Hall–Kier alpha value is -1.62. The van der Waals surface area contributed by atoms with Gasteiger partial charge in [-0.2, -0.15) is 0 Å². The van der Waals surface area contributed by atoms with Crippen LogP contribution in [0.1, 0.15) is 51.3 Å². The maximum atomic E-state index is 12.2. The third kappa shape index (κ3) is 3.04. The van der Waals surface area contributed by atoms with Crippen molar-refractivity contribution in [1.82, 2.24) is 10.5 Å². The maximum absolute atomic E-state index is 12.2. The highest BCUT2D eigenvalue weighted by Crippen LogP contribution is 2.22. The smallest absolute Gasteiger partial charge is 0.257 e. The molecule has 0 unspecified atom stereocenters. The molecule has 1 N–H and O–H groups in total. The standard InChI is InChI=1S/C14H18N2O2S/c1-8(2)13-12(10(4)16-18-13)14(17)15-7-11-6-5-9(3)19-11/h5-6,8H,7H2,1-4H3,(H,15,17). The van der Waals surface area contributed by atoms with Crippen LogP contribution in [0.4, 0.5) is 0 Å². The molecule has 0 bridgehead atoms. The van der Waals surface area contributed by atoms with E-state index in [1.807, 2.05) is 19.9 Å². The van der Waals surface area contributed by atoms with Crippen LogP contribution in [0.15, 0.2) is 16.7 Å². The molecule has 0 saturated carbocycles. The van der Waals surface area contributed by atoms with Crippen LogP contribution in [0.3, 0.4) is 0 Å². The molecular weight excluding hydrogens is 260 g/mol. The first-order valence-electron chi connectivity index (χ1n) is 6.28. The molecule has 2 aromatic rings. The number of carbonyl (C=O) groups excluding carboxylic acids is 1. The number of carbonyl (C=O) groups is 1. The molecule has 5 heteroatoms. The Morgan fingerprint density at radius 1 is 1.42 bits per heavy atom. The van der Waals surface area contributed by atoms with Crippen molar-refractivity contribution >= 4 is 17.2 Å². The Morgan fingerprint density at radius 2 is 2.16 bits per heavy atom. The van der Waals surface area contributed by atoms with Crippen molar-refractivity contribution in [2.45, 2.75) is 40.2 Å². The second kappa shape index (κ2) is 5.57. The summed E-state index contributed by atoms with van der Waals surface area (Å²) in [4.78, 5) is 14.6. The highest BCUT2D eigenvalue weighted by molar-refractivity contribution is 7.11. The molecule has 0 radical (unpaired) electrons. The van der Waals surface area contributed by atoms with Gasteiger partial charge >= 0.3 is 0 Å². The molecule has 102 valence electrons. The zero-order chi connectivity index (χ0) is 14.0. The van der Waals surface area contributed by atoms with Gasteiger partial charge in [0, 0.05) is 15.7 Å². The van der Waals surface area contributed by atoms with Gasteiger partial charge in [0.25, 0.3) is 5.91 Å². The minimum atomic E-state index is -0.117. The van der Waals surface area contributed by atoms with Crippen LogP contribution in [-0.2, 0) is 6.54 Å². The molecule has 0 aliphatic carbocycles. The second-order valence-electron chi connectivity index (χ2n) is 4.86. The van der Waals surface area contributed by atoms with Gasteiger partial charge in [-0.1, -0.05) is 19.0 Å². The van der Waals surface area contributed by atoms with E-state index >= 15 is 0 Å². The minimum Gasteiger partial charge on any atom is -0.360 e. The van der Waals surface area contributed by atoms with Crippen molar-refractivity contribution in [2.75, 3.05) is 0 Å². The van der Waals surface area contributed by atoms with Crippen LogP contribution in [0.5, 0.6) is 0 Å². The van der Waals surface area contributed by atoms with E-state index in [-0.39, 0.29) is 11.8 Å². The summed E-state index contributed by atoms with van der Waals surface area (Å²) in [6.45, 7) is 8.36. The fourth-order valence-corrected chi connectivity index (χ4v) is 2.72. The number of nitrogens with zero attached hydrogens (tertiary/aromatic N) is 1. The topological polar surface area (TPSA) is 55.1 Å². The SMILES string of the molecule is Cc1ccc(CNC(=O)c2c(C)noc2C(C)C)s1. The molecule has 0 aliphatic rings. The third-order valence-corrected chi connectivity index (χ3v) is 3.86. The summed E-state index contributed by atoms with van der Waals surface area (Å²) >= 11 is 1.69. The lowest BCUT2D eigenvalue weighted by molar-refractivity contribution is 0.0948. The number of aryl methyl sites for hydroxylation is 2. The fraction of sp³-hybridized carbons (Fsp3) is 0.429. The average molecular weight is 278 g/mol. The number of nitrogens with one attached hydrogen (secondary N) is 1. The molecule has 0 fully saturated rings. The number of thiophene rings is 1. The summed E-state index contributed by atoms with van der Waals surface area (Å²) < 4.78 is 5.23. The normalized spacial score (nSPS) is 11.0. The van der Waals surface area contributed by atoms with E-state index in [1.54, 1.807) is 18.3 Å². The first-order chi connectivity index (χ1) is 8.99. The molecule has 2 aromatic heterocycles. The Kier molecular flexibility index (Phi) is 4.04. The highest BCUT2D eigenvalue weighted by atomic mass is 32.1. The van der Waals surface area contributed by atoms with Crippen molar-refractivity contribution in [1.29, 1.82) is 0 Å². The van der Waals surface area contributed by atoms with Crippen molar-refractivity contribution in [3.05, 3.63) is 38.9 Å². The van der Waals surface area contributed by atoms with Crippen LogP contribution < -0.4 is 5.32 Å². The van der Waals surface area contributed by atoms with Gasteiger partial charge in [-0.15, -0.1) is 11.3 Å². The predicted octanol–water partition coefficient (Wildman–Crippen LogP) is 3.41. The molecule has 1 amide bonds. The molecule has 0 aliphatic heterocycles. The number of rotatable bonds is 4. The predicted molar refractivity (Wildman–Crippen MR) is 75.6 cm³/mol. The minimum absolute atomic E-state index is 0.117. The van der Waals surface area contributed by atoms with Gasteiger partial charge in [0.1, 0.15) is 5.56 Å². The lowest BCUT2D eigenvalue weighted by atomic mass is 10.0. The Bertz CT molecular complexity index is 584. The summed E-state index contributed by atoms with van der Waals surface area (Å²) in [6, 6.07) is 4.08. The molecule has 0 spiro atoms. The summed E-state index contributed by atoms with van der Waals surface area (Å²) in [6.07, 6.45) is 0. The van der Waals surface area contributed by atoms with Crippen molar-refractivity contribution in [3.63, 3.8) is 0 Å². The van der Waals surface area contributed by atoms with Crippen LogP contribution in [-0.4, -0.2) is 11.1 Å². The molecule has 0 atom stereocenters. The highest BCUT2D eigenvalue weighted by Gasteiger charge is 2.22. The largest absolute Gasteiger partial charge is 0.360 e. The zero-order valence-electron chi connectivity index (χ0n) is 11.6. The Morgan fingerprint density at radius 3 is 2.74 bits per heavy atom. The van der Waals surface area contributed by atoms with Crippen LogP contribution in [0.25, 0.3) is 0 Å². The van der Waals surface area contributed by atoms with Crippen molar-refractivity contribution < 1.29 is 9.32 Å². The van der Waals surface area contributed by atoms with Crippen LogP contribution >= 0.6 is 11.3 Å². The lowest BCUT2D eigenvalue weighted by Crippen LogP contribution is -2.24. The molecular formula is C14H18N2O2S. The molecule has 19 heavy (non-hydrogen) atoms. The van der Waals surface area contributed by atoms with Crippen molar-refractivity contribution in [2.24, 2.45) is 0 Å². The molecule has 2 heterocycles. The first kappa shape index (κ1) is 13.8. The quantitative estimate of drug-likeness (QED) is 0.932. The van der Waals surface area contributed by atoms with E-state index in [4.69, 9.17) is 4.52 Å². The molecule has 0 aromatic carbocycles. The van der Waals surface area contributed by atoms with Crippen molar-refractivity contribution in [3.8, 4) is 0 Å². The summed E-state index contributed by atoms with van der Waals surface area (Å²) in [5.74, 6) is 0.678. The number of aromatic nitrogens is 1. The maximum Gasteiger partial charge on any atom is 0.257 e. The van der Waals surface area contributed by atoms with Gasteiger partial charge in [-0.3, -0.25) is 4.79 Å². The fourth-order valence-electron chi connectivity index (χ4n) is 1.89. The summed E-state index contributed by atoms with van der Waals surface area (Å²) in [5.41, 5.74) is 1.21. The van der Waals surface area contributed by atoms with Crippen LogP contribution in [0, 0.1) is 13.8 Å². The summed E-state index contributed by atoms with van der Waals surface area (Å²) in [5, 5.41) is 6.81. The Balaban J connectivity index is 2.10. The zero-order valence-corrected chi connectivity index (χ0v) is 12.4. The van der Waals surface area contributed by atoms with E-state index in [9.17, 15) is 4.79 Å². The molecule has 4 nitrogen and oxygen atoms in total. The van der Waals surface area contributed by atoms with Crippen LogP contribution in [0.2, 0.25) is 0 Å². The van der Waals surface area contributed by atoms with E-state index in [0.29, 0.717) is 23.6 Å². The number of hydrogen-bond donors (Lipinski definition) is 1. The lowest BCUT2D eigenvalue weighted by Gasteiger charge is -2.06. The Labute approximate surface area is 116 Å². The van der Waals surface area contributed by atoms with Gasteiger partial charge in [0.2, 0.25) is 0 Å². The molecule has 0 saturated heterocycles. The third-order valence-electron chi connectivity index (χ3n) is 2.86. The van der Waals surface area contributed by atoms with Gasteiger partial charge in [0.15, 0.2) is 5.76 Å². The van der Waals surface area contributed by atoms with E-state index in [0.717, 1.165) is 4.88 Å². The first-order valence-corrected chi connectivity index (χ1v) is 7.10. The number of hydrogen-bond acceptors (Lipinski definition) is 4. The molecule has 2 rings (SSSR count). The van der Waals surface area contributed by atoms with Gasteiger partial charge in [0.05, 0.1) is 12.2 Å². The summed E-state index contributed by atoms with van der Waals surface area (Å²) in [7, 11) is 0. The van der Waals surface area contributed by atoms with E-state index in [1.165, 1.54) is 4.88 Å². The van der Waals surface area contributed by atoms with E-state index < -0.39 is 0 Å². The number of amides is 1.